The molecule has 140 valence electrons. The van der Waals surface area contributed by atoms with Gasteiger partial charge in [-0.15, -0.1) is 0 Å². The van der Waals surface area contributed by atoms with Gasteiger partial charge in [-0.1, -0.05) is 0 Å². The molecule has 1 aromatic carbocycles. The molecule has 3 rings (SSSR count). The highest BCUT2D eigenvalue weighted by atomic mass is 32.2. The smallest absolute Gasteiger partial charge is 0.357 e. The van der Waals surface area contributed by atoms with Gasteiger partial charge < -0.3 is 4.90 Å². The third kappa shape index (κ3) is 4.31. The van der Waals surface area contributed by atoms with Crippen LogP contribution < -0.4 is 9.62 Å². The molecule has 1 N–H and O–H groups in total. The topological polar surface area (TPSA) is 75.2 Å². The Morgan fingerprint density at radius 2 is 1.73 bits per heavy atom. The number of benzene rings is 1. The predicted octanol–water partition coefficient (Wildman–Crippen LogP) is 2.57. The number of nitrogens with zero attached hydrogens (tertiary/aromatic N) is 3. The Kier molecular flexibility index (Phi) is 5.15. The molecule has 1 saturated heterocycles. The van der Waals surface area contributed by atoms with Crippen molar-refractivity contribution in [3.63, 3.8) is 0 Å². The maximum absolute atomic E-state index is 12.6. The van der Waals surface area contributed by atoms with Crippen molar-refractivity contribution in [3.8, 4) is 0 Å². The van der Waals surface area contributed by atoms with Gasteiger partial charge in [0.2, 0.25) is 10.0 Å². The molecule has 1 aliphatic heterocycles. The van der Waals surface area contributed by atoms with Crippen LogP contribution >= 0.6 is 0 Å². The predicted molar refractivity (Wildman–Crippen MR) is 88.9 cm³/mol. The molecule has 0 spiro atoms. The third-order valence-corrected chi connectivity index (χ3v) is 5.45. The van der Waals surface area contributed by atoms with Gasteiger partial charge in [-0.25, -0.2) is 23.1 Å². The first kappa shape index (κ1) is 18.6. The van der Waals surface area contributed by atoms with Crippen LogP contribution in [0.4, 0.5) is 19.0 Å². The minimum absolute atomic E-state index is 0.148. The molecule has 1 fully saturated rings. The molecule has 0 radical (unpaired) electrons. The quantitative estimate of drug-likeness (QED) is 0.855. The standard InChI is InChI=1S/C16H17F3N4O2S/c17-16(18,19)12-3-5-13(6-4-12)26(24,25)21-11-14-20-8-7-15(22-14)23-9-1-2-10-23/h3-8,21H,1-2,9-11H2. The molecule has 1 aromatic heterocycles. The highest BCUT2D eigenvalue weighted by molar-refractivity contribution is 7.89. The van der Waals surface area contributed by atoms with Crippen molar-refractivity contribution >= 4 is 15.8 Å². The van der Waals surface area contributed by atoms with Crippen LogP contribution in [-0.2, 0) is 22.7 Å². The zero-order valence-electron chi connectivity index (χ0n) is 13.7. The first-order valence-corrected chi connectivity index (χ1v) is 9.48. The van der Waals surface area contributed by atoms with Crippen molar-refractivity contribution in [2.75, 3.05) is 18.0 Å². The summed E-state index contributed by atoms with van der Waals surface area (Å²) in [6, 6.07) is 5.08. The van der Waals surface area contributed by atoms with E-state index in [-0.39, 0.29) is 11.4 Å². The van der Waals surface area contributed by atoms with Crippen molar-refractivity contribution in [2.24, 2.45) is 0 Å². The fourth-order valence-corrected chi connectivity index (χ4v) is 3.64. The number of halogens is 3. The van der Waals surface area contributed by atoms with E-state index in [1.54, 1.807) is 12.3 Å². The average Bonchev–Trinajstić information content (AvgIpc) is 3.14. The molecule has 10 heteroatoms. The van der Waals surface area contributed by atoms with E-state index in [0.717, 1.165) is 56.0 Å². The van der Waals surface area contributed by atoms with E-state index in [1.165, 1.54) is 0 Å². The number of hydrogen-bond acceptors (Lipinski definition) is 5. The van der Waals surface area contributed by atoms with Crippen molar-refractivity contribution in [1.29, 1.82) is 0 Å². The summed E-state index contributed by atoms with van der Waals surface area (Å²) in [7, 11) is -3.96. The lowest BCUT2D eigenvalue weighted by molar-refractivity contribution is -0.137. The minimum atomic E-state index is -4.51. The summed E-state index contributed by atoms with van der Waals surface area (Å²) in [5.74, 6) is 1.03. The molecule has 0 bridgehead atoms. The van der Waals surface area contributed by atoms with Gasteiger partial charge in [-0.05, 0) is 43.2 Å². The van der Waals surface area contributed by atoms with Gasteiger partial charge in [-0.3, -0.25) is 0 Å². The zero-order valence-corrected chi connectivity index (χ0v) is 14.5. The van der Waals surface area contributed by atoms with Crippen LogP contribution in [0.3, 0.4) is 0 Å². The molecule has 0 atom stereocenters. The second-order valence-electron chi connectivity index (χ2n) is 5.87. The summed E-state index contributed by atoms with van der Waals surface area (Å²) in [5.41, 5.74) is -0.905. The molecule has 0 unspecified atom stereocenters. The Balaban J connectivity index is 1.69. The van der Waals surface area contributed by atoms with Crippen molar-refractivity contribution in [3.05, 3.63) is 47.9 Å². The largest absolute Gasteiger partial charge is 0.416 e. The number of sulfonamides is 1. The van der Waals surface area contributed by atoms with E-state index in [9.17, 15) is 21.6 Å². The van der Waals surface area contributed by atoms with E-state index in [0.29, 0.717) is 5.82 Å². The maximum Gasteiger partial charge on any atom is 0.416 e. The van der Waals surface area contributed by atoms with E-state index >= 15 is 0 Å². The molecular weight excluding hydrogens is 369 g/mol. The van der Waals surface area contributed by atoms with Gasteiger partial charge in [0.05, 0.1) is 17.0 Å². The van der Waals surface area contributed by atoms with Crippen molar-refractivity contribution in [1.82, 2.24) is 14.7 Å². The summed E-state index contributed by atoms with van der Waals surface area (Å²) in [6.07, 6.45) is -0.790. The summed E-state index contributed by atoms with van der Waals surface area (Å²) in [6.45, 7) is 1.65. The lowest BCUT2D eigenvalue weighted by Gasteiger charge is -2.16. The number of anilines is 1. The van der Waals surface area contributed by atoms with E-state index in [4.69, 9.17) is 0 Å². The van der Waals surface area contributed by atoms with Gasteiger partial charge in [0.15, 0.2) is 0 Å². The second kappa shape index (κ2) is 7.20. The SMILES string of the molecule is O=S(=O)(NCc1nccc(N2CCCC2)n1)c1ccc(C(F)(F)F)cc1. The molecule has 0 saturated carbocycles. The molecule has 2 aromatic rings. The van der Waals surface area contributed by atoms with Crippen LogP contribution in [0.15, 0.2) is 41.4 Å². The Labute approximate surface area is 149 Å². The molecular formula is C16H17F3N4O2S. The average molecular weight is 386 g/mol. The Hall–Kier alpha value is -2.20. The summed E-state index contributed by atoms with van der Waals surface area (Å²) in [4.78, 5) is 10.2. The Morgan fingerprint density at radius 1 is 1.08 bits per heavy atom. The highest BCUT2D eigenvalue weighted by Gasteiger charge is 2.30. The van der Waals surface area contributed by atoms with Crippen molar-refractivity contribution < 1.29 is 21.6 Å². The first-order valence-electron chi connectivity index (χ1n) is 7.99. The van der Waals surface area contributed by atoms with Gasteiger partial charge in [0, 0.05) is 19.3 Å². The molecule has 2 heterocycles. The minimum Gasteiger partial charge on any atom is -0.357 e. The third-order valence-electron chi connectivity index (χ3n) is 4.03. The zero-order chi connectivity index (χ0) is 18.8. The van der Waals surface area contributed by atoms with Crippen LogP contribution in [0.5, 0.6) is 0 Å². The van der Waals surface area contributed by atoms with Crippen LogP contribution in [0.25, 0.3) is 0 Å². The molecule has 1 aliphatic rings. The van der Waals surface area contributed by atoms with Crippen LogP contribution in [0.1, 0.15) is 24.2 Å². The van der Waals surface area contributed by atoms with E-state index < -0.39 is 21.8 Å². The lowest BCUT2D eigenvalue weighted by atomic mass is 10.2. The highest BCUT2D eigenvalue weighted by Crippen LogP contribution is 2.29. The van der Waals surface area contributed by atoms with Gasteiger partial charge in [0.1, 0.15) is 11.6 Å². The lowest BCUT2D eigenvalue weighted by Crippen LogP contribution is -2.25. The fraction of sp³-hybridized carbons (Fsp3) is 0.375. The Bertz CT molecular complexity index is 864. The Morgan fingerprint density at radius 3 is 2.35 bits per heavy atom. The number of alkyl halides is 3. The molecule has 6 nitrogen and oxygen atoms in total. The summed E-state index contributed by atoms with van der Waals surface area (Å²) >= 11 is 0. The fourth-order valence-electron chi connectivity index (χ4n) is 2.66. The molecule has 0 aliphatic carbocycles. The number of hydrogen-bond donors (Lipinski definition) is 1. The normalized spacial score (nSPS) is 15.4. The molecule has 0 amide bonds. The second-order valence-corrected chi connectivity index (χ2v) is 7.64. The van der Waals surface area contributed by atoms with Crippen LogP contribution in [-0.4, -0.2) is 31.5 Å². The van der Waals surface area contributed by atoms with Crippen LogP contribution in [0.2, 0.25) is 0 Å². The van der Waals surface area contributed by atoms with E-state index in [2.05, 4.69) is 19.6 Å². The molecule has 26 heavy (non-hydrogen) atoms. The van der Waals surface area contributed by atoms with Gasteiger partial charge >= 0.3 is 6.18 Å². The van der Waals surface area contributed by atoms with E-state index in [1.807, 2.05) is 0 Å². The summed E-state index contributed by atoms with van der Waals surface area (Å²) in [5, 5.41) is 0. The number of aromatic nitrogens is 2. The van der Waals surface area contributed by atoms with Crippen LogP contribution in [0, 0.1) is 0 Å². The van der Waals surface area contributed by atoms with Gasteiger partial charge in [-0.2, -0.15) is 13.2 Å². The number of rotatable bonds is 5. The summed E-state index contributed by atoms with van der Waals surface area (Å²) < 4.78 is 64.5. The number of nitrogens with one attached hydrogen (secondary N) is 1. The van der Waals surface area contributed by atoms with Crippen molar-refractivity contribution in [2.45, 2.75) is 30.5 Å². The monoisotopic (exact) mass is 386 g/mol. The maximum atomic E-state index is 12.6. The first-order chi connectivity index (χ1) is 12.3. The van der Waals surface area contributed by atoms with Gasteiger partial charge in [0.25, 0.3) is 0 Å².